The summed E-state index contributed by atoms with van der Waals surface area (Å²) < 4.78 is 0. The van der Waals surface area contributed by atoms with E-state index in [1.807, 2.05) is 37.4 Å². The predicted octanol–water partition coefficient (Wildman–Crippen LogP) is 1.59. The summed E-state index contributed by atoms with van der Waals surface area (Å²) in [5.74, 6) is 0. The summed E-state index contributed by atoms with van der Waals surface area (Å²) in [5.41, 5.74) is 1.15. The monoisotopic (exact) mass is 162 g/mol. The molecule has 2 rings (SSSR count). The third-order valence-electron chi connectivity index (χ3n) is 1.86. The van der Waals surface area contributed by atoms with Gasteiger partial charge in [0.2, 0.25) is 0 Å². The van der Waals surface area contributed by atoms with Crippen molar-refractivity contribution in [3.63, 3.8) is 0 Å². The number of benzene rings is 1. The Morgan fingerprint density at radius 1 is 1.33 bits per heavy atom. The van der Waals surface area contributed by atoms with Gasteiger partial charge in [0.15, 0.2) is 12.6 Å². The van der Waals surface area contributed by atoms with Crippen LogP contribution >= 0.6 is 0 Å². The molecule has 1 aromatic rings. The first kappa shape index (κ1) is 7.31. The van der Waals surface area contributed by atoms with Crippen LogP contribution in [0.2, 0.25) is 0 Å². The normalized spacial score (nSPS) is 22.6. The zero-order chi connectivity index (χ0) is 8.39. The molecule has 0 saturated carbocycles. The molecule has 1 aliphatic rings. The Balaban J connectivity index is 2.25. The molecule has 0 N–H and O–H groups in total. The minimum atomic E-state index is 0.0196. The van der Waals surface area contributed by atoms with Crippen molar-refractivity contribution in [3.8, 4) is 0 Å². The van der Waals surface area contributed by atoms with E-state index in [9.17, 15) is 0 Å². The molecule has 0 spiro atoms. The van der Waals surface area contributed by atoms with E-state index in [0.717, 1.165) is 5.56 Å². The fourth-order valence-corrected chi connectivity index (χ4v) is 1.23. The molecule has 0 amide bonds. The Labute approximate surface area is 71.2 Å². The number of hydrogen-bond donors (Lipinski definition) is 0. The molecule has 0 bridgehead atoms. The Morgan fingerprint density at radius 2 is 2.08 bits per heavy atom. The maximum Gasteiger partial charge on any atom is 0.198 e. The third-order valence-corrected chi connectivity index (χ3v) is 1.86. The highest BCUT2D eigenvalue weighted by Gasteiger charge is 2.19. The van der Waals surface area contributed by atoms with Gasteiger partial charge in [-0.25, -0.2) is 4.99 Å². The Bertz CT molecular complexity index is 284. The first-order chi connectivity index (χ1) is 5.88. The van der Waals surface area contributed by atoms with Crippen molar-refractivity contribution in [2.45, 2.75) is 6.17 Å². The molecule has 1 aromatic carbocycles. The van der Waals surface area contributed by atoms with Crippen molar-refractivity contribution in [2.24, 2.45) is 4.99 Å². The van der Waals surface area contributed by atoms with Crippen LogP contribution in [0, 0.1) is 0 Å². The van der Waals surface area contributed by atoms with Crippen molar-refractivity contribution >= 4 is 6.40 Å². The highest BCUT2D eigenvalue weighted by molar-refractivity contribution is 5.48. The van der Waals surface area contributed by atoms with Crippen LogP contribution in [0.3, 0.4) is 0 Å². The summed E-state index contributed by atoms with van der Waals surface area (Å²) in [6.45, 7) is 0. The van der Waals surface area contributed by atoms with E-state index < -0.39 is 0 Å². The molecular formula is C9H10N2O. The van der Waals surface area contributed by atoms with Gasteiger partial charge in [-0.2, -0.15) is 0 Å². The van der Waals surface area contributed by atoms with Crippen LogP contribution in [0.15, 0.2) is 35.3 Å². The molecule has 0 aliphatic carbocycles. The molecule has 1 unspecified atom stereocenters. The Hall–Kier alpha value is -1.35. The highest BCUT2D eigenvalue weighted by Crippen LogP contribution is 2.23. The lowest BCUT2D eigenvalue weighted by atomic mass is 10.2. The van der Waals surface area contributed by atoms with Crippen LogP contribution < -0.4 is 0 Å². The Kier molecular flexibility index (Phi) is 1.80. The molecule has 0 aromatic heterocycles. The number of aliphatic imine (C=N–C) groups is 1. The van der Waals surface area contributed by atoms with Crippen molar-refractivity contribution in [1.29, 1.82) is 0 Å². The van der Waals surface area contributed by atoms with Gasteiger partial charge >= 0.3 is 0 Å². The van der Waals surface area contributed by atoms with Gasteiger partial charge in [-0.3, -0.25) is 0 Å². The van der Waals surface area contributed by atoms with Gasteiger partial charge < -0.3 is 4.84 Å². The molecule has 1 atom stereocenters. The predicted molar refractivity (Wildman–Crippen MR) is 46.5 cm³/mol. The smallest absolute Gasteiger partial charge is 0.198 e. The average molecular weight is 162 g/mol. The minimum Gasteiger partial charge on any atom is -0.392 e. The van der Waals surface area contributed by atoms with E-state index in [1.165, 1.54) is 6.40 Å². The summed E-state index contributed by atoms with van der Waals surface area (Å²) in [5, 5.41) is 1.72. The third kappa shape index (κ3) is 1.19. The van der Waals surface area contributed by atoms with E-state index in [1.54, 1.807) is 5.06 Å². The van der Waals surface area contributed by atoms with Crippen LogP contribution in [0.5, 0.6) is 0 Å². The molecule has 3 nitrogen and oxygen atoms in total. The molecule has 62 valence electrons. The summed E-state index contributed by atoms with van der Waals surface area (Å²) in [4.78, 5) is 9.23. The van der Waals surface area contributed by atoms with E-state index >= 15 is 0 Å². The van der Waals surface area contributed by atoms with Crippen LogP contribution in [-0.4, -0.2) is 18.5 Å². The SMILES string of the molecule is CN1OC=NC1c1ccccc1. The summed E-state index contributed by atoms with van der Waals surface area (Å²) in [6.07, 6.45) is 1.49. The van der Waals surface area contributed by atoms with E-state index in [0.29, 0.717) is 0 Å². The largest absolute Gasteiger partial charge is 0.392 e. The number of hydrogen-bond acceptors (Lipinski definition) is 3. The molecule has 0 saturated heterocycles. The van der Waals surface area contributed by atoms with E-state index in [4.69, 9.17) is 4.84 Å². The van der Waals surface area contributed by atoms with Gasteiger partial charge in [0.1, 0.15) is 0 Å². The van der Waals surface area contributed by atoms with Crippen LogP contribution in [-0.2, 0) is 4.84 Å². The first-order valence-electron chi connectivity index (χ1n) is 3.84. The maximum atomic E-state index is 5.06. The molecule has 0 radical (unpaired) electrons. The lowest BCUT2D eigenvalue weighted by molar-refractivity contribution is -0.0525. The van der Waals surface area contributed by atoms with Crippen molar-refractivity contribution in [1.82, 2.24) is 5.06 Å². The van der Waals surface area contributed by atoms with Crippen LogP contribution in [0.1, 0.15) is 11.7 Å². The first-order valence-corrected chi connectivity index (χ1v) is 3.84. The Morgan fingerprint density at radius 3 is 2.67 bits per heavy atom. The zero-order valence-electron chi connectivity index (χ0n) is 6.84. The van der Waals surface area contributed by atoms with Gasteiger partial charge in [0, 0.05) is 7.05 Å². The van der Waals surface area contributed by atoms with Gasteiger partial charge in [0.25, 0.3) is 0 Å². The molecule has 1 aliphatic heterocycles. The molecule has 0 fully saturated rings. The quantitative estimate of drug-likeness (QED) is 0.626. The lowest BCUT2D eigenvalue weighted by Crippen LogP contribution is -2.16. The van der Waals surface area contributed by atoms with E-state index in [2.05, 4.69) is 4.99 Å². The average Bonchev–Trinajstić information content (AvgIpc) is 2.53. The highest BCUT2D eigenvalue weighted by atomic mass is 16.7. The number of hydroxylamine groups is 2. The van der Waals surface area contributed by atoms with Crippen molar-refractivity contribution in [3.05, 3.63) is 35.9 Å². The summed E-state index contributed by atoms with van der Waals surface area (Å²) >= 11 is 0. The fourth-order valence-electron chi connectivity index (χ4n) is 1.23. The van der Waals surface area contributed by atoms with Gasteiger partial charge in [0.05, 0.1) is 0 Å². The molecule has 1 heterocycles. The fraction of sp³-hybridized carbons (Fsp3) is 0.222. The van der Waals surface area contributed by atoms with Crippen molar-refractivity contribution in [2.75, 3.05) is 7.05 Å². The second-order valence-electron chi connectivity index (χ2n) is 2.69. The second kappa shape index (κ2) is 2.95. The molecule has 12 heavy (non-hydrogen) atoms. The van der Waals surface area contributed by atoms with Gasteiger partial charge in [-0.15, -0.1) is 5.06 Å². The van der Waals surface area contributed by atoms with Gasteiger partial charge in [-0.05, 0) is 5.56 Å². The topological polar surface area (TPSA) is 24.8 Å². The van der Waals surface area contributed by atoms with Crippen LogP contribution in [0.4, 0.5) is 0 Å². The van der Waals surface area contributed by atoms with Crippen LogP contribution in [0.25, 0.3) is 0 Å². The minimum absolute atomic E-state index is 0.0196. The van der Waals surface area contributed by atoms with Gasteiger partial charge in [-0.1, -0.05) is 30.3 Å². The number of nitrogens with zero attached hydrogens (tertiary/aromatic N) is 2. The standard InChI is InChI=1S/C9H10N2O/c1-11-9(10-7-12-11)8-5-3-2-4-6-8/h2-7,9H,1H3. The second-order valence-corrected chi connectivity index (χ2v) is 2.69. The lowest BCUT2D eigenvalue weighted by Gasteiger charge is -2.15. The van der Waals surface area contributed by atoms with Crippen molar-refractivity contribution < 1.29 is 4.84 Å². The molecular weight excluding hydrogens is 152 g/mol. The summed E-state index contributed by atoms with van der Waals surface area (Å²) in [6, 6.07) is 10.1. The van der Waals surface area contributed by atoms with E-state index in [-0.39, 0.29) is 6.17 Å². The molecule has 3 heteroatoms. The summed E-state index contributed by atoms with van der Waals surface area (Å²) in [7, 11) is 1.87. The maximum absolute atomic E-state index is 5.06. The number of rotatable bonds is 1. The zero-order valence-corrected chi connectivity index (χ0v) is 6.84.